The summed E-state index contributed by atoms with van der Waals surface area (Å²) in [6.45, 7) is 1.09. The van der Waals surface area contributed by atoms with Crippen molar-refractivity contribution in [2.75, 3.05) is 6.54 Å². The molecule has 26 heavy (non-hydrogen) atoms. The Kier molecular flexibility index (Phi) is 4.57. The summed E-state index contributed by atoms with van der Waals surface area (Å²) in [5.74, 6) is -0.463. The van der Waals surface area contributed by atoms with Gasteiger partial charge in [0.1, 0.15) is 17.7 Å². The predicted octanol–water partition coefficient (Wildman–Crippen LogP) is 3.48. The fourth-order valence-electron chi connectivity index (χ4n) is 2.97. The van der Waals surface area contributed by atoms with Crippen LogP contribution in [0.5, 0.6) is 0 Å². The van der Waals surface area contributed by atoms with Gasteiger partial charge in [0.25, 0.3) is 5.91 Å². The summed E-state index contributed by atoms with van der Waals surface area (Å²) >= 11 is 3.47. The van der Waals surface area contributed by atoms with E-state index in [1.807, 2.05) is 24.3 Å². The van der Waals surface area contributed by atoms with Crippen LogP contribution >= 0.6 is 15.9 Å². The van der Waals surface area contributed by atoms with Gasteiger partial charge in [-0.1, -0.05) is 28.1 Å². The maximum Gasteiger partial charge on any atom is 0.269 e. The Morgan fingerprint density at radius 2 is 2.04 bits per heavy atom. The van der Waals surface area contributed by atoms with Gasteiger partial charge in [-0.05, 0) is 48.0 Å². The van der Waals surface area contributed by atoms with Crippen molar-refractivity contribution in [3.63, 3.8) is 0 Å². The summed E-state index contributed by atoms with van der Waals surface area (Å²) < 4.78 is 15.9. The zero-order chi connectivity index (χ0) is 18.1. The SMILES string of the molecule is O=C1NC[C@@H](NCc2cccc(Br)c2)n2nc(-c3ccc(F)cc3)cc21. The number of carbonyl (C=O) groups excluding carboxylic acids is 1. The first-order valence-electron chi connectivity index (χ1n) is 8.22. The van der Waals surface area contributed by atoms with Crippen LogP contribution in [0.1, 0.15) is 22.2 Å². The number of benzene rings is 2. The average molecular weight is 415 g/mol. The molecule has 5 nitrogen and oxygen atoms in total. The highest BCUT2D eigenvalue weighted by molar-refractivity contribution is 9.10. The van der Waals surface area contributed by atoms with Crippen LogP contribution in [0, 0.1) is 5.82 Å². The van der Waals surface area contributed by atoms with Crippen LogP contribution in [0.3, 0.4) is 0 Å². The van der Waals surface area contributed by atoms with Crippen molar-refractivity contribution in [3.05, 3.63) is 76.1 Å². The molecule has 0 aliphatic carbocycles. The normalized spacial score (nSPS) is 16.2. The molecule has 4 rings (SSSR count). The molecule has 3 aromatic rings. The predicted molar refractivity (Wildman–Crippen MR) is 100.0 cm³/mol. The minimum absolute atomic E-state index is 0.157. The third-order valence-corrected chi connectivity index (χ3v) is 4.78. The molecule has 7 heteroatoms. The number of halogens is 2. The molecule has 1 atom stereocenters. The van der Waals surface area contributed by atoms with Crippen molar-refractivity contribution in [1.82, 2.24) is 20.4 Å². The van der Waals surface area contributed by atoms with E-state index in [9.17, 15) is 9.18 Å². The highest BCUT2D eigenvalue weighted by Crippen LogP contribution is 2.23. The number of hydrogen-bond acceptors (Lipinski definition) is 3. The van der Waals surface area contributed by atoms with Crippen LogP contribution in [0.2, 0.25) is 0 Å². The lowest BCUT2D eigenvalue weighted by Crippen LogP contribution is -2.45. The van der Waals surface area contributed by atoms with Crippen LogP contribution in [0.25, 0.3) is 11.3 Å². The lowest BCUT2D eigenvalue weighted by Gasteiger charge is -2.25. The second-order valence-electron chi connectivity index (χ2n) is 6.10. The number of carbonyl (C=O) groups is 1. The summed E-state index contributed by atoms with van der Waals surface area (Å²) in [6, 6.07) is 15.9. The third kappa shape index (κ3) is 3.40. The van der Waals surface area contributed by atoms with Gasteiger partial charge in [-0.15, -0.1) is 0 Å². The van der Waals surface area contributed by atoms with E-state index in [0.717, 1.165) is 15.6 Å². The van der Waals surface area contributed by atoms with Gasteiger partial charge in [0.05, 0.1) is 12.2 Å². The Morgan fingerprint density at radius 3 is 2.81 bits per heavy atom. The van der Waals surface area contributed by atoms with Gasteiger partial charge in [-0.2, -0.15) is 5.10 Å². The van der Waals surface area contributed by atoms with Gasteiger partial charge in [0.15, 0.2) is 0 Å². The van der Waals surface area contributed by atoms with E-state index >= 15 is 0 Å². The molecule has 0 fully saturated rings. The van der Waals surface area contributed by atoms with E-state index < -0.39 is 0 Å². The van der Waals surface area contributed by atoms with Gasteiger partial charge < -0.3 is 5.32 Å². The molecular formula is C19H16BrFN4O. The molecule has 0 unspecified atom stereocenters. The molecule has 2 N–H and O–H groups in total. The maximum atomic E-state index is 13.1. The van der Waals surface area contributed by atoms with E-state index in [-0.39, 0.29) is 17.9 Å². The first-order chi connectivity index (χ1) is 12.6. The Labute approximate surface area is 158 Å². The number of rotatable bonds is 4. The molecule has 2 heterocycles. The van der Waals surface area contributed by atoms with Crippen LogP contribution < -0.4 is 10.6 Å². The highest BCUT2D eigenvalue weighted by atomic mass is 79.9. The minimum Gasteiger partial charge on any atom is -0.347 e. The lowest BCUT2D eigenvalue weighted by atomic mass is 10.1. The molecular weight excluding hydrogens is 399 g/mol. The van der Waals surface area contributed by atoms with Crippen molar-refractivity contribution in [2.24, 2.45) is 0 Å². The first-order valence-corrected chi connectivity index (χ1v) is 9.01. The topological polar surface area (TPSA) is 59.0 Å². The number of nitrogens with zero attached hydrogens (tertiary/aromatic N) is 2. The molecule has 1 amide bonds. The summed E-state index contributed by atoms with van der Waals surface area (Å²) in [6.07, 6.45) is -0.157. The van der Waals surface area contributed by atoms with E-state index in [2.05, 4.69) is 31.7 Å². The number of fused-ring (bicyclic) bond motifs is 1. The zero-order valence-electron chi connectivity index (χ0n) is 13.7. The fourth-order valence-corrected chi connectivity index (χ4v) is 3.42. The number of nitrogens with one attached hydrogen (secondary N) is 2. The van der Waals surface area contributed by atoms with Crippen molar-refractivity contribution in [1.29, 1.82) is 0 Å². The summed E-state index contributed by atoms with van der Waals surface area (Å²) in [5.41, 5.74) is 3.03. The van der Waals surface area contributed by atoms with Crippen molar-refractivity contribution in [3.8, 4) is 11.3 Å². The molecule has 0 bridgehead atoms. The first kappa shape index (κ1) is 16.9. The number of aromatic nitrogens is 2. The van der Waals surface area contributed by atoms with Crippen molar-refractivity contribution < 1.29 is 9.18 Å². The Bertz CT molecular complexity index is 954. The lowest BCUT2D eigenvalue weighted by molar-refractivity contribution is 0.0900. The van der Waals surface area contributed by atoms with E-state index in [4.69, 9.17) is 0 Å². The molecule has 1 aliphatic heterocycles. The van der Waals surface area contributed by atoms with E-state index in [0.29, 0.717) is 24.5 Å². The van der Waals surface area contributed by atoms with Crippen LogP contribution in [0.15, 0.2) is 59.1 Å². The molecule has 2 aromatic carbocycles. The van der Waals surface area contributed by atoms with E-state index in [1.165, 1.54) is 12.1 Å². The fraction of sp³-hybridized carbons (Fsp3) is 0.158. The number of hydrogen-bond donors (Lipinski definition) is 2. The highest BCUT2D eigenvalue weighted by Gasteiger charge is 2.27. The second-order valence-corrected chi connectivity index (χ2v) is 7.02. The summed E-state index contributed by atoms with van der Waals surface area (Å²) in [7, 11) is 0. The zero-order valence-corrected chi connectivity index (χ0v) is 15.3. The summed E-state index contributed by atoms with van der Waals surface area (Å²) in [4.78, 5) is 12.2. The average Bonchev–Trinajstić information content (AvgIpc) is 3.08. The largest absolute Gasteiger partial charge is 0.347 e. The van der Waals surface area contributed by atoms with Crippen molar-refractivity contribution in [2.45, 2.75) is 12.7 Å². The molecule has 0 radical (unpaired) electrons. The second kappa shape index (κ2) is 7.01. The molecule has 132 valence electrons. The Morgan fingerprint density at radius 1 is 1.23 bits per heavy atom. The van der Waals surface area contributed by atoms with Crippen LogP contribution in [0.4, 0.5) is 4.39 Å². The smallest absolute Gasteiger partial charge is 0.269 e. The standard InChI is InChI=1S/C19H16BrFN4O/c20-14-3-1-2-12(8-14)10-22-18-11-23-19(26)17-9-16(24-25(17)18)13-4-6-15(21)7-5-13/h1-9,18,22H,10-11H2,(H,23,26)/t18-/m0/s1. The van der Waals surface area contributed by atoms with Crippen molar-refractivity contribution >= 4 is 21.8 Å². The monoisotopic (exact) mass is 414 g/mol. The van der Waals surface area contributed by atoms with E-state index in [1.54, 1.807) is 22.9 Å². The van der Waals surface area contributed by atoms with Crippen LogP contribution in [-0.4, -0.2) is 22.2 Å². The minimum atomic E-state index is -0.302. The maximum absolute atomic E-state index is 13.1. The third-order valence-electron chi connectivity index (χ3n) is 4.29. The molecule has 1 aliphatic rings. The summed E-state index contributed by atoms with van der Waals surface area (Å²) in [5, 5.41) is 10.9. The van der Waals surface area contributed by atoms with Crippen LogP contribution in [-0.2, 0) is 6.54 Å². The van der Waals surface area contributed by atoms with Gasteiger partial charge in [0, 0.05) is 16.6 Å². The molecule has 0 spiro atoms. The van der Waals surface area contributed by atoms with Gasteiger partial charge in [-0.3, -0.25) is 10.1 Å². The van der Waals surface area contributed by atoms with Gasteiger partial charge >= 0.3 is 0 Å². The number of amides is 1. The molecule has 0 saturated heterocycles. The molecule has 0 saturated carbocycles. The van der Waals surface area contributed by atoms with Gasteiger partial charge in [0.2, 0.25) is 0 Å². The van der Waals surface area contributed by atoms with Gasteiger partial charge in [-0.25, -0.2) is 9.07 Å². The quantitative estimate of drug-likeness (QED) is 0.686. The molecule has 1 aromatic heterocycles. The Hall–Kier alpha value is -2.51. The Balaban J connectivity index is 1.59.